The van der Waals surface area contributed by atoms with Crippen molar-refractivity contribution in [2.24, 2.45) is 0 Å². The van der Waals surface area contributed by atoms with E-state index >= 15 is 0 Å². The maximum atomic E-state index is 13.9. The van der Waals surface area contributed by atoms with Crippen LogP contribution in [0.15, 0.2) is 115 Å². The number of ether oxygens (including phenoxy) is 2. The highest BCUT2D eigenvalue weighted by atomic mass is 16.5. The number of hydrogen-bond donors (Lipinski definition) is 0. The van der Waals surface area contributed by atoms with Gasteiger partial charge >= 0.3 is 0 Å². The number of para-hydroxylation sites is 1. The molecule has 0 spiro atoms. The molecule has 6 rings (SSSR count). The van der Waals surface area contributed by atoms with Gasteiger partial charge in [0.25, 0.3) is 0 Å². The van der Waals surface area contributed by atoms with Crippen molar-refractivity contribution in [3.63, 3.8) is 0 Å². The summed E-state index contributed by atoms with van der Waals surface area (Å²) in [5.74, 6) is 1.79. The molecule has 2 aliphatic rings. The molecule has 1 aliphatic carbocycles. The molecule has 0 aromatic heterocycles. The summed E-state index contributed by atoms with van der Waals surface area (Å²) in [6.07, 6.45) is 7.32. The first-order chi connectivity index (χ1) is 19.6. The first-order valence-corrected chi connectivity index (χ1v) is 13.7. The van der Waals surface area contributed by atoms with E-state index in [-0.39, 0.29) is 5.91 Å². The fraction of sp³-hybridized carbons (Fsp3) is 0.194. The summed E-state index contributed by atoms with van der Waals surface area (Å²) in [7, 11) is 3.37. The Hall–Kier alpha value is -4.57. The molecule has 0 saturated heterocycles. The summed E-state index contributed by atoms with van der Waals surface area (Å²) in [6.45, 7) is 0. The van der Waals surface area contributed by atoms with Gasteiger partial charge in [0.1, 0.15) is 11.5 Å². The van der Waals surface area contributed by atoms with Crippen LogP contribution in [0.2, 0.25) is 0 Å². The smallest absolute Gasteiger partial charge is 0.232 e. The molecule has 40 heavy (non-hydrogen) atoms. The van der Waals surface area contributed by atoms with Gasteiger partial charge in [-0.1, -0.05) is 90.5 Å². The standard InChI is InChI=1S/C36H33NO3/c1-39-32-16-12-27(13-17-32)23-36(37-34-11-7-6-10-30(34)22-35(37)38)24-28(20-26-8-4-3-5-9-26)21-31(25-36)29-14-18-33(40-2)19-15-29/h3-20,25H,21-24H2,1-2H3. The number of amides is 1. The number of benzene rings is 4. The van der Waals surface area contributed by atoms with Gasteiger partial charge in [0.05, 0.1) is 26.2 Å². The zero-order valence-electron chi connectivity index (χ0n) is 23.0. The van der Waals surface area contributed by atoms with Gasteiger partial charge in [0.15, 0.2) is 0 Å². The monoisotopic (exact) mass is 527 g/mol. The molecule has 200 valence electrons. The van der Waals surface area contributed by atoms with E-state index in [1.165, 1.54) is 16.7 Å². The lowest BCUT2D eigenvalue weighted by Crippen LogP contribution is -2.52. The molecule has 0 bridgehead atoms. The highest BCUT2D eigenvalue weighted by Gasteiger charge is 2.45. The average molecular weight is 528 g/mol. The molecule has 0 radical (unpaired) electrons. The van der Waals surface area contributed by atoms with Crippen LogP contribution in [0.25, 0.3) is 11.6 Å². The van der Waals surface area contributed by atoms with Crippen molar-refractivity contribution in [1.82, 2.24) is 0 Å². The third-order valence-electron chi connectivity index (χ3n) is 7.96. The third kappa shape index (κ3) is 5.05. The minimum atomic E-state index is -0.577. The lowest BCUT2D eigenvalue weighted by atomic mass is 9.74. The number of rotatable bonds is 7. The average Bonchev–Trinajstić information content (AvgIpc) is 3.34. The molecule has 1 atom stereocenters. The van der Waals surface area contributed by atoms with Crippen LogP contribution >= 0.6 is 0 Å². The van der Waals surface area contributed by atoms with Gasteiger partial charge in [-0.25, -0.2) is 0 Å². The van der Waals surface area contributed by atoms with Crippen LogP contribution in [-0.2, 0) is 17.6 Å². The van der Waals surface area contributed by atoms with Crippen LogP contribution in [0.1, 0.15) is 35.1 Å². The Labute approximate surface area is 236 Å². The Balaban J connectivity index is 1.54. The predicted molar refractivity (Wildman–Crippen MR) is 162 cm³/mol. The molecule has 1 heterocycles. The fourth-order valence-corrected chi connectivity index (χ4v) is 6.18. The fourth-order valence-electron chi connectivity index (χ4n) is 6.18. The summed E-state index contributed by atoms with van der Waals surface area (Å²) in [4.78, 5) is 15.9. The number of anilines is 1. The minimum absolute atomic E-state index is 0.140. The lowest BCUT2D eigenvalue weighted by Gasteiger charge is -2.44. The van der Waals surface area contributed by atoms with E-state index in [2.05, 4.69) is 77.7 Å². The lowest BCUT2D eigenvalue weighted by molar-refractivity contribution is -0.118. The van der Waals surface area contributed by atoms with E-state index in [9.17, 15) is 4.79 Å². The molecule has 4 aromatic carbocycles. The van der Waals surface area contributed by atoms with Crippen LogP contribution in [0.3, 0.4) is 0 Å². The van der Waals surface area contributed by atoms with Crippen molar-refractivity contribution in [1.29, 1.82) is 0 Å². The molecular weight excluding hydrogens is 494 g/mol. The molecule has 4 aromatic rings. The molecule has 0 fully saturated rings. The minimum Gasteiger partial charge on any atom is -0.497 e. The topological polar surface area (TPSA) is 38.8 Å². The summed E-state index contributed by atoms with van der Waals surface area (Å²) >= 11 is 0. The van der Waals surface area contributed by atoms with E-state index in [4.69, 9.17) is 9.47 Å². The van der Waals surface area contributed by atoms with Crippen LogP contribution in [-0.4, -0.2) is 25.7 Å². The Morgan fingerprint density at radius 3 is 2.12 bits per heavy atom. The van der Waals surface area contributed by atoms with Crippen molar-refractivity contribution in [3.05, 3.63) is 137 Å². The normalized spacial score (nSPS) is 19.4. The highest BCUT2D eigenvalue weighted by Crippen LogP contribution is 2.46. The molecule has 1 unspecified atom stereocenters. The van der Waals surface area contributed by atoms with Crippen molar-refractivity contribution >= 4 is 23.2 Å². The van der Waals surface area contributed by atoms with Gasteiger partial charge in [-0.05, 0) is 71.0 Å². The van der Waals surface area contributed by atoms with E-state index in [0.29, 0.717) is 12.8 Å². The molecule has 0 saturated carbocycles. The zero-order chi connectivity index (χ0) is 27.5. The predicted octanol–water partition coefficient (Wildman–Crippen LogP) is 7.54. The number of methoxy groups -OCH3 is 2. The van der Waals surface area contributed by atoms with E-state index in [1.807, 2.05) is 42.5 Å². The molecular formula is C36H33NO3. The summed E-state index contributed by atoms with van der Waals surface area (Å²) in [6, 6.07) is 35.2. The van der Waals surface area contributed by atoms with Crippen LogP contribution < -0.4 is 14.4 Å². The molecule has 1 aliphatic heterocycles. The number of carbonyl (C=O) groups excluding carboxylic acids is 1. The summed E-state index contributed by atoms with van der Waals surface area (Å²) < 4.78 is 10.9. The van der Waals surface area contributed by atoms with E-state index in [1.54, 1.807) is 14.2 Å². The second-order valence-electron chi connectivity index (χ2n) is 10.6. The van der Waals surface area contributed by atoms with Crippen molar-refractivity contribution in [2.45, 2.75) is 31.2 Å². The SMILES string of the molecule is COc1ccc(CC2(N3C(=O)Cc4ccccc43)C=C(c3ccc(OC)cc3)CC(=Cc3ccccc3)C2)cc1. The van der Waals surface area contributed by atoms with Crippen molar-refractivity contribution in [3.8, 4) is 11.5 Å². The maximum absolute atomic E-state index is 13.9. The molecule has 4 heteroatoms. The number of carbonyl (C=O) groups is 1. The molecule has 4 nitrogen and oxygen atoms in total. The van der Waals surface area contributed by atoms with E-state index in [0.717, 1.165) is 46.7 Å². The Kier molecular flexibility index (Phi) is 7.00. The first-order valence-electron chi connectivity index (χ1n) is 13.7. The number of fused-ring (bicyclic) bond motifs is 1. The highest BCUT2D eigenvalue weighted by molar-refractivity contribution is 6.03. The van der Waals surface area contributed by atoms with Crippen LogP contribution in [0.4, 0.5) is 5.69 Å². The molecule has 0 N–H and O–H groups in total. The van der Waals surface area contributed by atoms with Crippen LogP contribution in [0, 0.1) is 0 Å². The third-order valence-corrected chi connectivity index (χ3v) is 7.96. The Morgan fingerprint density at radius 2 is 1.43 bits per heavy atom. The Morgan fingerprint density at radius 1 is 0.775 bits per heavy atom. The van der Waals surface area contributed by atoms with Gasteiger partial charge in [-0.3, -0.25) is 4.79 Å². The molecule has 1 amide bonds. The summed E-state index contributed by atoms with van der Waals surface area (Å²) in [5.41, 5.74) is 7.48. The number of nitrogens with zero attached hydrogens (tertiary/aromatic N) is 1. The van der Waals surface area contributed by atoms with Gasteiger partial charge < -0.3 is 14.4 Å². The van der Waals surface area contributed by atoms with Gasteiger partial charge in [-0.15, -0.1) is 0 Å². The maximum Gasteiger partial charge on any atom is 0.232 e. The van der Waals surface area contributed by atoms with Crippen molar-refractivity contribution in [2.75, 3.05) is 19.1 Å². The van der Waals surface area contributed by atoms with E-state index < -0.39 is 5.54 Å². The summed E-state index contributed by atoms with van der Waals surface area (Å²) in [5, 5.41) is 0. The second-order valence-corrected chi connectivity index (χ2v) is 10.6. The second kappa shape index (κ2) is 10.9. The zero-order valence-corrected chi connectivity index (χ0v) is 23.0. The number of hydrogen-bond acceptors (Lipinski definition) is 3. The van der Waals surface area contributed by atoms with Crippen LogP contribution in [0.5, 0.6) is 11.5 Å². The van der Waals surface area contributed by atoms with Gasteiger partial charge in [0, 0.05) is 12.1 Å². The first kappa shape index (κ1) is 25.7. The largest absolute Gasteiger partial charge is 0.497 e. The van der Waals surface area contributed by atoms with Gasteiger partial charge in [-0.2, -0.15) is 0 Å². The quantitative estimate of drug-likeness (QED) is 0.249. The van der Waals surface area contributed by atoms with Crippen molar-refractivity contribution < 1.29 is 14.3 Å². The van der Waals surface area contributed by atoms with Gasteiger partial charge in [0.2, 0.25) is 5.91 Å². The Bertz CT molecular complexity index is 1570. The number of allylic oxidation sites excluding steroid dienone is 1.